The number of amides is 4. The van der Waals surface area contributed by atoms with E-state index in [4.69, 9.17) is 4.74 Å². The van der Waals surface area contributed by atoms with Crippen LogP contribution in [-0.2, 0) is 9.59 Å². The quantitative estimate of drug-likeness (QED) is 0.713. The normalized spacial score (nSPS) is 25.5. The molecular weight excluding hydrogens is 372 g/mol. The molecule has 4 amide bonds. The van der Waals surface area contributed by atoms with Crippen LogP contribution >= 0.6 is 0 Å². The van der Waals surface area contributed by atoms with Crippen LogP contribution in [-0.4, -0.2) is 53.5 Å². The van der Waals surface area contributed by atoms with E-state index in [9.17, 15) is 14.4 Å². The van der Waals surface area contributed by atoms with E-state index in [1.54, 1.807) is 14.0 Å². The number of urea groups is 1. The molecule has 2 fully saturated rings. The fraction of sp³-hybridized carbons (Fsp3) is 0.571. The first kappa shape index (κ1) is 21.1. The van der Waals surface area contributed by atoms with Gasteiger partial charge in [0.25, 0.3) is 11.8 Å². The number of nitrogens with zero attached hydrogens (tertiary/aromatic N) is 2. The van der Waals surface area contributed by atoms with Crippen molar-refractivity contribution in [2.75, 3.05) is 20.2 Å². The number of likely N-dealkylation sites (tertiary alicyclic amines) is 1. The molecule has 2 aliphatic rings. The molecule has 158 valence electrons. The monoisotopic (exact) mass is 402 g/mol. The molecule has 29 heavy (non-hydrogen) atoms. The van der Waals surface area contributed by atoms with Crippen molar-refractivity contribution in [1.29, 1.82) is 0 Å². The molecule has 0 aromatic heterocycles. The predicted octanol–water partition coefficient (Wildman–Crippen LogP) is 2.36. The summed E-state index contributed by atoms with van der Waals surface area (Å²) >= 11 is 0. The highest BCUT2D eigenvalue weighted by atomic mass is 16.5. The zero-order valence-corrected chi connectivity index (χ0v) is 17.4. The molecule has 2 N–H and O–H groups in total. The number of imide groups is 1. The second-order valence-corrected chi connectivity index (χ2v) is 7.90. The van der Waals surface area contributed by atoms with Gasteiger partial charge in [-0.05, 0) is 50.4 Å². The van der Waals surface area contributed by atoms with Crippen molar-refractivity contribution in [2.45, 2.75) is 57.5 Å². The fourth-order valence-corrected chi connectivity index (χ4v) is 3.93. The Balaban J connectivity index is 1.69. The molecule has 8 heteroatoms. The summed E-state index contributed by atoms with van der Waals surface area (Å²) in [6, 6.07) is 7.44. The highest BCUT2D eigenvalue weighted by Gasteiger charge is 2.47. The average molecular weight is 402 g/mol. The minimum Gasteiger partial charge on any atom is -0.497 e. The molecule has 2 heterocycles. The summed E-state index contributed by atoms with van der Waals surface area (Å²) < 4.78 is 5.24. The minimum atomic E-state index is -0.974. The van der Waals surface area contributed by atoms with E-state index >= 15 is 0 Å². The summed E-state index contributed by atoms with van der Waals surface area (Å²) in [5, 5.41) is 3.45. The van der Waals surface area contributed by atoms with Crippen LogP contribution < -0.4 is 15.5 Å². The van der Waals surface area contributed by atoms with Crippen LogP contribution in [0.4, 0.5) is 4.79 Å². The Kier molecular flexibility index (Phi) is 6.42. The zero-order valence-electron chi connectivity index (χ0n) is 17.4. The molecule has 0 spiro atoms. The van der Waals surface area contributed by atoms with E-state index in [1.807, 2.05) is 31.2 Å². The maximum absolute atomic E-state index is 12.7. The third-order valence-electron chi connectivity index (χ3n) is 5.92. The van der Waals surface area contributed by atoms with Crippen molar-refractivity contribution in [2.24, 2.45) is 0 Å². The molecule has 2 aliphatic heterocycles. The van der Waals surface area contributed by atoms with Crippen molar-refractivity contribution >= 4 is 17.8 Å². The molecule has 1 aromatic rings. The molecule has 0 aliphatic carbocycles. The lowest BCUT2D eigenvalue weighted by atomic mass is 10.00. The van der Waals surface area contributed by atoms with Crippen LogP contribution in [0.15, 0.2) is 24.3 Å². The number of methoxy groups -OCH3 is 1. The molecule has 2 atom stereocenters. The number of benzene rings is 1. The summed E-state index contributed by atoms with van der Waals surface area (Å²) in [5.74, 6) is -0.000572. The number of hydrogen-bond donors (Lipinski definition) is 2. The lowest BCUT2D eigenvalue weighted by Gasteiger charge is -2.30. The lowest BCUT2D eigenvalue weighted by Crippen LogP contribution is -2.51. The van der Waals surface area contributed by atoms with Gasteiger partial charge in [-0.2, -0.15) is 5.01 Å². The van der Waals surface area contributed by atoms with Gasteiger partial charge in [-0.1, -0.05) is 31.9 Å². The second kappa shape index (κ2) is 8.82. The molecule has 0 radical (unpaired) electrons. The van der Waals surface area contributed by atoms with E-state index in [2.05, 4.69) is 15.6 Å². The molecular formula is C21H30N4O4. The van der Waals surface area contributed by atoms with Gasteiger partial charge in [0.2, 0.25) is 0 Å². The van der Waals surface area contributed by atoms with Gasteiger partial charge in [0.05, 0.1) is 13.7 Å². The number of ether oxygens (including phenoxy) is 1. The maximum Gasteiger partial charge on any atom is 0.344 e. The van der Waals surface area contributed by atoms with Gasteiger partial charge < -0.3 is 10.1 Å². The summed E-state index contributed by atoms with van der Waals surface area (Å²) in [4.78, 5) is 39.5. The number of hydrogen-bond acceptors (Lipinski definition) is 5. The first-order chi connectivity index (χ1) is 13.9. The van der Waals surface area contributed by atoms with E-state index in [1.165, 1.54) is 0 Å². The second-order valence-electron chi connectivity index (χ2n) is 7.90. The zero-order chi connectivity index (χ0) is 21.0. The number of nitrogens with one attached hydrogen (secondary N) is 2. The van der Waals surface area contributed by atoms with Crippen LogP contribution in [0.5, 0.6) is 5.75 Å². The fourth-order valence-electron chi connectivity index (χ4n) is 3.93. The van der Waals surface area contributed by atoms with Gasteiger partial charge in [0.15, 0.2) is 0 Å². The van der Waals surface area contributed by atoms with E-state index < -0.39 is 17.5 Å². The molecule has 0 unspecified atom stereocenters. The Bertz CT molecular complexity index is 766. The van der Waals surface area contributed by atoms with Crippen molar-refractivity contribution in [3.8, 4) is 5.75 Å². The van der Waals surface area contributed by atoms with Gasteiger partial charge in [-0.3, -0.25) is 19.9 Å². The summed E-state index contributed by atoms with van der Waals surface area (Å²) in [6.07, 6.45) is 4.63. The van der Waals surface area contributed by atoms with Gasteiger partial charge in [0.1, 0.15) is 11.3 Å². The standard InChI is InChI=1S/C21H30N4O4/c1-4-21(2)19(27)25(20(28)22-21)23-18(26)14-24-13-7-5-6-8-17(24)15-9-11-16(29-3)12-10-15/h9-12,17H,4-8,13-14H2,1-3H3,(H,22,28)(H,23,26)/t17-,21-/m1/s1. The van der Waals surface area contributed by atoms with E-state index in [0.29, 0.717) is 6.42 Å². The highest BCUT2D eigenvalue weighted by molar-refractivity contribution is 6.07. The Morgan fingerprint density at radius 1 is 1.24 bits per heavy atom. The van der Waals surface area contributed by atoms with Crippen LogP contribution in [0.3, 0.4) is 0 Å². The van der Waals surface area contributed by atoms with Crippen molar-refractivity contribution in [3.63, 3.8) is 0 Å². The van der Waals surface area contributed by atoms with E-state index in [0.717, 1.165) is 48.5 Å². The van der Waals surface area contributed by atoms with Crippen molar-refractivity contribution < 1.29 is 19.1 Å². The Hall–Kier alpha value is -2.61. The van der Waals surface area contributed by atoms with Gasteiger partial charge in [-0.25, -0.2) is 4.79 Å². The molecule has 8 nitrogen and oxygen atoms in total. The molecule has 3 rings (SSSR count). The molecule has 0 saturated carbocycles. The van der Waals surface area contributed by atoms with Crippen LogP contribution in [0, 0.1) is 0 Å². The number of rotatable bonds is 6. The van der Waals surface area contributed by atoms with Crippen molar-refractivity contribution in [1.82, 2.24) is 20.7 Å². The Labute approximate surface area is 171 Å². The summed E-state index contributed by atoms with van der Waals surface area (Å²) in [7, 11) is 1.64. The Morgan fingerprint density at radius 3 is 2.59 bits per heavy atom. The molecule has 2 saturated heterocycles. The molecule has 1 aromatic carbocycles. The smallest absolute Gasteiger partial charge is 0.344 e. The van der Waals surface area contributed by atoms with Crippen LogP contribution in [0.25, 0.3) is 0 Å². The average Bonchev–Trinajstić information content (AvgIpc) is 2.87. The summed E-state index contributed by atoms with van der Waals surface area (Å²) in [5.41, 5.74) is 2.66. The van der Waals surface area contributed by atoms with Gasteiger partial charge in [0, 0.05) is 6.04 Å². The maximum atomic E-state index is 12.7. The first-order valence-corrected chi connectivity index (χ1v) is 10.2. The van der Waals surface area contributed by atoms with Crippen molar-refractivity contribution in [3.05, 3.63) is 29.8 Å². The molecule has 0 bridgehead atoms. The largest absolute Gasteiger partial charge is 0.497 e. The van der Waals surface area contributed by atoms with E-state index in [-0.39, 0.29) is 18.5 Å². The third-order valence-corrected chi connectivity index (χ3v) is 5.92. The predicted molar refractivity (Wildman–Crippen MR) is 108 cm³/mol. The lowest BCUT2D eigenvalue weighted by molar-refractivity contribution is -0.139. The first-order valence-electron chi connectivity index (χ1n) is 10.2. The topological polar surface area (TPSA) is 91.0 Å². The van der Waals surface area contributed by atoms with Crippen LogP contribution in [0.1, 0.15) is 57.6 Å². The Morgan fingerprint density at radius 2 is 1.97 bits per heavy atom. The van der Waals surface area contributed by atoms with Gasteiger partial charge in [-0.15, -0.1) is 0 Å². The van der Waals surface area contributed by atoms with Gasteiger partial charge >= 0.3 is 6.03 Å². The third kappa shape index (κ3) is 4.53. The number of carbonyl (C=O) groups is 3. The minimum absolute atomic E-state index is 0.109. The SMILES string of the molecule is CC[C@@]1(C)NC(=O)N(NC(=O)CN2CCCCC[C@@H]2c2ccc(OC)cc2)C1=O. The van der Waals surface area contributed by atoms with Crippen LogP contribution in [0.2, 0.25) is 0 Å². The highest BCUT2D eigenvalue weighted by Crippen LogP contribution is 2.31. The number of hydrazine groups is 1. The summed E-state index contributed by atoms with van der Waals surface area (Å²) in [6.45, 7) is 4.39. The number of carbonyl (C=O) groups excluding carboxylic acids is 3.